The summed E-state index contributed by atoms with van der Waals surface area (Å²) in [6, 6.07) is 9.11. The molecule has 0 spiro atoms. The van der Waals surface area contributed by atoms with Crippen LogP contribution in [0.25, 0.3) is 15.8 Å². The van der Waals surface area contributed by atoms with Crippen molar-refractivity contribution in [3.8, 4) is 0 Å². The van der Waals surface area contributed by atoms with E-state index in [0.29, 0.717) is 42.3 Å². The molecule has 0 aliphatic carbocycles. The number of aromatic amines is 1. The van der Waals surface area contributed by atoms with Gasteiger partial charge in [-0.2, -0.15) is 0 Å². The Bertz CT molecular complexity index is 1210. The van der Waals surface area contributed by atoms with Crippen molar-refractivity contribution in [2.45, 2.75) is 0 Å². The number of aromatic nitrogens is 1. The Morgan fingerprint density at radius 2 is 2.06 bits per heavy atom. The highest BCUT2D eigenvalue weighted by Crippen LogP contribution is 2.33. The molecule has 0 saturated carbocycles. The monoisotopic (exact) mass is 465 g/mol. The first kappa shape index (κ1) is 22.7. The predicted molar refractivity (Wildman–Crippen MR) is 135 cm³/mol. The average molecular weight is 466 g/mol. The van der Waals surface area contributed by atoms with Gasteiger partial charge < -0.3 is 31.5 Å². The fraction of sp³-hybridized carbons (Fsp3) is 0.261. The highest BCUT2D eigenvalue weighted by atomic mass is 32.1. The van der Waals surface area contributed by atoms with Crippen molar-refractivity contribution >= 4 is 55.6 Å². The molecule has 2 aromatic heterocycles. The average Bonchev–Trinajstić information content (AvgIpc) is 3.39. The summed E-state index contributed by atoms with van der Waals surface area (Å²) in [6.45, 7) is 3.23. The van der Waals surface area contributed by atoms with Gasteiger partial charge in [-0.3, -0.25) is 15.1 Å². The summed E-state index contributed by atoms with van der Waals surface area (Å²) in [5.41, 5.74) is 15.8. The number of allylic oxidation sites excluding steroid dienone is 1. The fourth-order valence-electron chi connectivity index (χ4n) is 3.73. The minimum Gasteiger partial charge on any atom is -0.404 e. The van der Waals surface area contributed by atoms with E-state index in [0.717, 1.165) is 33.9 Å². The Labute approximate surface area is 195 Å². The number of hydrogen-bond acceptors (Lipinski definition) is 8. The van der Waals surface area contributed by atoms with E-state index >= 15 is 0 Å². The van der Waals surface area contributed by atoms with Gasteiger partial charge in [-0.25, -0.2) is 0 Å². The summed E-state index contributed by atoms with van der Waals surface area (Å²) in [4.78, 5) is 19.8. The van der Waals surface area contributed by atoms with Gasteiger partial charge in [-0.05, 0) is 23.8 Å². The van der Waals surface area contributed by atoms with Crippen LogP contribution < -0.4 is 16.4 Å². The van der Waals surface area contributed by atoms with Gasteiger partial charge in [0.2, 0.25) is 5.91 Å². The van der Waals surface area contributed by atoms with Gasteiger partial charge in [-0.1, -0.05) is 12.1 Å². The van der Waals surface area contributed by atoms with E-state index in [9.17, 15) is 4.79 Å². The highest BCUT2D eigenvalue weighted by Gasteiger charge is 2.20. The molecule has 4 rings (SSSR count). The number of thiophene rings is 1. The maximum Gasteiger partial charge on any atom is 0.241 e. The number of carbonyl (C=O) groups excluding carboxylic acids is 1. The second-order valence-corrected chi connectivity index (χ2v) is 8.89. The second-order valence-electron chi connectivity index (χ2n) is 7.83. The SMILES string of the molecule is CN(C(=O)CN1CCOCC1)c1cc2[nH]c(C(=N)c3ccc(/C(C=N)=C/N)cc3N)cc2s1. The lowest BCUT2D eigenvalue weighted by atomic mass is 10.00. The first-order valence-electron chi connectivity index (χ1n) is 10.5. The number of H-pyrrole nitrogens is 1. The van der Waals surface area contributed by atoms with Crippen LogP contribution in [-0.4, -0.2) is 67.6 Å². The first-order chi connectivity index (χ1) is 15.9. The summed E-state index contributed by atoms with van der Waals surface area (Å²) < 4.78 is 6.30. The van der Waals surface area contributed by atoms with E-state index in [4.69, 9.17) is 27.0 Å². The van der Waals surface area contributed by atoms with E-state index in [1.54, 1.807) is 30.1 Å². The molecule has 1 aliphatic heterocycles. The lowest BCUT2D eigenvalue weighted by molar-refractivity contribution is -0.120. The molecule has 0 radical (unpaired) electrons. The molecular formula is C23H27N7O2S. The molecule has 10 heteroatoms. The van der Waals surface area contributed by atoms with Crippen LogP contribution in [0, 0.1) is 10.8 Å². The molecule has 7 N–H and O–H groups in total. The Balaban J connectivity index is 1.50. The van der Waals surface area contributed by atoms with E-state index in [2.05, 4.69) is 9.88 Å². The third kappa shape index (κ3) is 4.68. The number of nitrogen functional groups attached to an aromatic ring is 1. The number of hydrogen-bond donors (Lipinski definition) is 5. The lowest BCUT2D eigenvalue weighted by Crippen LogP contribution is -2.43. The minimum absolute atomic E-state index is 0.0393. The number of nitrogens with one attached hydrogen (secondary N) is 3. The Morgan fingerprint density at radius 1 is 1.30 bits per heavy atom. The third-order valence-corrected chi connectivity index (χ3v) is 6.88. The summed E-state index contributed by atoms with van der Waals surface area (Å²) in [5.74, 6) is 0.0393. The molecule has 172 valence electrons. The molecule has 1 aliphatic rings. The zero-order valence-electron chi connectivity index (χ0n) is 18.4. The van der Waals surface area contributed by atoms with Crippen molar-refractivity contribution in [1.82, 2.24) is 9.88 Å². The molecule has 0 atom stereocenters. The van der Waals surface area contributed by atoms with Crippen molar-refractivity contribution in [2.24, 2.45) is 5.73 Å². The fourth-order valence-corrected chi connectivity index (χ4v) is 4.77. The van der Waals surface area contributed by atoms with Crippen LogP contribution in [0.5, 0.6) is 0 Å². The normalized spacial score (nSPS) is 15.0. The van der Waals surface area contributed by atoms with Crippen LogP contribution in [0.2, 0.25) is 0 Å². The first-order valence-corrected chi connectivity index (χ1v) is 11.3. The van der Waals surface area contributed by atoms with Gasteiger partial charge in [0.1, 0.15) is 5.00 Å². The van der Waals surface area contributed by atoms with Gasteiger partial charge in [0.25, 0.3) is 0 Å². The van der Waals surface area contributed by atoms with Gasteiger partial charge in [0, 0.05) is 49.4 Å². The van der Waals surface area contributed by atoms with E-state index < -0.39 is 0 Å². The minimum atomic E-state index is 0.0393. The molecule has 0 bridgehead atoms. The Hall–Kier alpha value is -3.47. The predicted octanol–water partition coefficient (Wildman–Crippen LogP) is 2.47. The van der Waals surface area contributed by atoms with Crippen molar-refractivity contribution in [3.05, 3.63) is 53.4 Å². The third-order valence-electron chi connectivity index (χ3n) is 5.72. The Morgan fingerprint density at radius 3 is 2.70 bits per heavy atom. The maximum atomic E-state index is 12.7. The lowest BCUT2D eigenvalue weighted by Gasteiger charge is -2.27. The standard InChI is InChI=1S/C23H27N7O2S/c1-29(21(31)13-30-4-6-32-7-5-30)22-10-18-20(33-22)9-19(28-18)23(27)16-3-2-14(8-17(16)26)15(11-24)12-25/h2-3,8-12,24,27-28H,4-7,13,25-26H2,1H3/b15-12+,24-11?,27-23?. The zero-order chi connectivity index (χ0) is 23.5. The summed E-state index contributed by atoms with van der Waals surface area (Å²) in [6.07, 6.45) is 2.52. The van der Waals surface area contributed by atoms with Crippen LogP contribution in [-0.2, 0) is 9.53 Å². The summed E-state index contributed by atoms with van der Waals surface area (Å²) >= 11 is 1.50. The number of morpholine rings is 1. The summed E-state index contributed by atoms with van der Waals surface area (Å²) in [7, 11) is 1.79. The van der Waals surface area contributed by atoms with Crippen molar-refractivity contribution in [1.29, 1.82) is 10.8 Å². The molecule has 3 aromatic rings. The van der Waals surface area contributed by atoms with E-state index in [1.165, 1.54) is 23.8 Å². The van der Waals surface area contributed by atoms with Crippen LogP contribution in [0.3, 0.4) is 0 Å². The molecule has 1 aromatic carbocycles. The second kappa shape index (κ2) is 9.57. The number of nitrogens with zero attached hydrogens (tertiary/aromatic N) is 2. The molecule has 1 amide bonds. The van der Waals surface area contributed by atoms with Gasteiger partial charge in [0.05, 0.1) is 41.4 Å². The number of likely N-dealkylation sites (N-methyl/N-ethyl adjacent to an activating group) is 1. The maximum absolute atomic E-state index is 12.7. The molecule has 1 saturated heterocycles. The van der Waals surface area contributed by atoms with Gasteiger partial charge >= 0.3 is 0 Å². The van der Waals surface area contributed by atoms with E-state index in [-0.39, 0.29) is 11.6 Å². The number of ether oxygens (including phenoxy) is 1. The number of amides is 1. The molecular weight excluding hydrogens is 438 g/mol. The number of anilines is 2. The largest absolute Gasteiger partial charge is 0.404 e. The zero-order valence-corrected chi connectivity index (χ0v) is 19.2. The number of carbonyl (C=O) groups is 1. The van der Waals surface area contributed by atoms with Crippen LogP contribution >= 0.6 is 11.3 Å². The van der Waals surface area contributed by atoms with Crippen LogP contribution in [0.1, 0.15) is 16.8 Å². The van der Waals surface area contributed by atoms with Gasteiger partial charge in [-0.15, -0.1) is 11.3 Å². The molecule has 33 heavy (non-hydrogen) atoms. The molecule has 3 heterocycles. The molecule has 1 fully saturated rings. The topological polar surface area (TPSA) is 148 Å². The Kier molecular flexibility index (Phi) is 6.59. The van der Waals surface area contributed by atoms with Crippen molar-refractivity contribution in [3.63, 3.8) is 0 Å². The quantitative estimate of drug-likeness (QED) is 0.268. The highest BCUT2D eigenvalue weighted by molar-refractivity contribution is 7.23. The van der Waals surface area contributed by atoms with Crippen LogP contribution in [0.15, 0.2) is 36.5 Å². The number of benzene rings is 1. The molecule has 0 unspecified atom stereocenters. The van der Waals surface area contributed by atoms with Gasteiger partial charge in [0.15, 0.2) is 0 Å². The summed E-state index contributed by atoms with van der Waals surface area (Å²) in [5, 5.41) is 16.9. The smallest absolute Gasteiger partial charge is 0.241 e. The van der Waals surface area contributed by atoms with Crippen LogP contribution in [0.4, 0.5) is 10.7 Å². The molecule has 9 nitrogen and oxygen atoms in total. The number of nitrogens with two attached hydrogens (primary N) is 2. The van der Waals surface area contributed by atoms with Crippen molar-refractivity contribution in [2.75, 3.05) is 50.5 Å². The van der Waals surface area contributed by atoms with E-state index in [1.807, 2.05) is 12.1 Å². The van der Waals surface area contributed by atoms with Crippen molar-refractivity contribution < 1.29 is 9.53 Å². The number of rotatable bonds is 7. The number of fused-ring (bicyclic) bond motifs is 1.